The van der Waals surface area contributed by atoms with Crippen molar-refractivity contribution in [3.8, 4) is 11.5 Å². The number of thioether (sulfide) groups is 2. The molecule has 4 heterocycles. The fourth-order valence-corrected chi connectivity index (χ4v) is 15.8. The van der Waals surface area contributed by atoms with E-state index in [0.717, 1.165) is 33.2 Å². The van der Waals surface area contributed by atoms with Crippen molar-refractivity contribution in [2.75, 3.05) is 37.0 Å². The molecule has 3 aromatic heterocycles. The van der Waals surface area contributed by atoms with Crippen molar-refractivity contribution in [1.82, 2.24) is 78.4 Å². The highest BCUT2D eigenvalue weighted by Crippen LogP contribution is 2.30. The highest BCUT2D eigenvalue weighted by Gasteiger charge is 2.38. The zero-order valence-corrected chi connectivity index (χ0v) is 70.1. The lowest BCUT2D eigenvalue weighted by Gasteiger charge is -2.28. The number of anilines is 1. The second-order valence-corrected chi connectivity index (χ2v) is 32.1. The summed E-state index contributed by atoms with van der Waals surface area (Å²) in [6, 6.07) is 14.0. The smallest absolute Gasteiger partial charge is 0.303 e. The topological polar surface area (TPSA) is 531 Å². The number of rotatable bonds is 50. The van der Waals surface area contributed by atoms with Gasteiger partial charge in [0.2, 0.25) is 65.0 Å². The zero-order valence-electron chi connectivity index (χ0n) is 68.5. The van der Waals surface area contributed by atoms with E-state index < -0.39 is 162 Å². The summed E-state index contributed by atoms with van der Waals surface area (Å²) in [7, 11) is 1.44. The lowest BCUT2D eigenvalue weighted by molar-refractivity contribution is -0.139. The highest BCUT2D eigenvalue weighted by molar-refractivity contribution is 7.98. The first-order valence-electron chi connectivity index (χ1n) is 40.4. The van der Waals surface area contributed by atoms with Crippen LogP contribution in [0.15, 0.2) is 128 Å². The quantitative estimate of drug-likeness (QED) is 0.0243. The van der Waals surface area contributed by atoms with Crippen molar-refractivity contribution in [3.63, 3.8) is 0 Å². The number of carboxylic acid groups (broad SMARTS) is 1. The van der Waals surface area contributed by atoms with Gasteiger partial charge in [-0.1, -0.05) is 112 Å². The molecule has 13 atom stereocenters. The maximum atomic E-state index is 14.8. The predicted octanol–water partition coefficient (Wildman–Crippen LogP) is 3.29. The summed E-state index contributed by atoms with van der Waals surface area (Å²) in [6.45, 7) is 8.17. The number of amides is 11. The minimum Gasteiger partial charge on any atom is -0.508 e. The fourth-order valence-electron chi connectivity index (χ4n) is 13.8. The van der Waals surface area contributed by atoms with E-state index in [4.69, 9.17) is 0 Å². The molecular formula is C85H112N16O18S2. The van der Waals surface area contributed by atoms with Gasteiger partial charge in [0.25, 0.3) is 0 Å². The van der Waals surface area contributed by atoms with Crippen LogP contribution in [-0.2, 0) is 94.7 Å². The molecule has 0 bridgehead atoms. The third-order valence-electron chi connectivity index (χ3n) is 20.2. The number of imidazole rings is 1. The number of carbonyl (C=O) groups is 12. The van der Waals surface area contributed by atoms with Crippen LogP contribution in [0.5, 0.6) is 11.5 Å². The van der Waals surface area contributed by atoms with Crippen molar-refractivity contribution in [1.29, 1.82) is 0 Å². The molecule has 0 saturated carbocycles. The maximum absolute atomic E-state index is 14.8. The number of phenolic OH excluding ortho intramolecular Hbond substituents is 2. The van der Waals surface area contributed by atoms with Gasteiger partial charge in [0.1, 0.15) is 71.7 Å². The maximum Gasteiger partial charge on any atom is 0.303 e. The normalized spacial score (nSPS) is 14.9. The van der Waals surface area contributed by atoms with Crippen molar-refractivity contribution in [2.45, 2.75) is 208 Å². The fraction of sp³-hybridized carbons (Fsp3) is 0.447. The van der Waals surface area contributed by atoms with E-state index >= 15 is 0 Å². The number of para-hydroxylation sites is 1. The molecule has 0 saturated heterocycles. The Kier molecular flexibility index (Phi) is 37.5. The molecular weight excluding hydrogens is 1600 g/mol. The first kappa shape index (κ1) is 94.8. The van der Waals surface area contributed by atoms with Crippen LogP contribution in [0.2, 0.25) is 0 Å². The molecule has 652 valence electrons. The zero-order chi connectivity index (χ0) is 87.7. The van der Waals surface area contributed by atoms with Gasteiger partial charge in [-0.25, -0.2) is 4.98 Å². The number of likely N-dealkylation sites (N-methyl/N-ethyl adjacent to an activating group) is 1. The van der Waals surface area contributed by atoms with Gasteiger partial charge in [-0.3, -0.25) is 57.5 Å². The van der Waals surface area contributed by atoms with Crippen LogP contribution in [0.4, 0.5) is 5.82 Å². The first-order valence-corrected chi connectivity index (χ1v) is 42.7. The van der Waals surface area contributed by atoms with Gasteiger partial charge in [-0.2, -0.15) is 23.5 Å². The molecule has 0 unspecified atom stereocenters. The Labute approximate surface area is 709 Å². The Morgan fingerprint density at radius 2 is 1.07 bits per heavy atom. The van der Waals surface area contributed by atoms with E-state index in [1.54, 1.807) is 45.3 Å². The molecule has 1 aliphatic heterocycles. The molecule has 21 N–H and O–H groups in total. The van der Waals surface area contributed by atoms with Crippen molar-refractivity contribution in [3.05, 3.63) is 173 Å². The Morgan fingerprint density at radius 1 is 0.521 bits per heavy atom. The summed E-state index contributed by atoms with van der Waals surface area (Å²) in [5.41, 5.74) is 6.37. The molecule has 36 heteroatoms. The SMILES string of the molecule is CCC[C@H](NC(=O)[C@H](Cc1c[nH]c2c1C=CCN2)NC(=O)C[C@@H](C)O)C(=O)N[C@@H](CCC(=O)O)C(=O)N[C@@H](Cc1ccc(O)cc1)C(=O)N[C@@H](CCC)C(=O)N[C@H](C(=O)N[C@H](CCO)CSCc1cccc(CSCCC(=O)N[C@H](C(=O)N[C@@H](Cc2ccc(O)cc2)C(=O)N[C@@H](Cc2cnc[nH]2)C(=O)NC)[C@@H](C)c2c[nH]c3ccccc23)c1)[C@@H](C)O. The third kappa shape index (κ3) is 29.9. The number of carboxylic acids is 1. The molecule has 0 aliphatic carbocycles. The summed E-state index contributed by atoms with van der Waals surface area (Å²) >= 11 is 2.93. The summed E-state index contributed by atoms with van der Waals surface area (Å²) in [5.74, 6) is -8.05. The van der Waals surface area contributed by atoms with Crippen LogP contribution in [0.1, 0.15) is 143 Å². The van der Waals surface area contributed by atoms with E-state index in [2.05, 4.69) is 83.7 Å². The van der Waals surface area contributed by atoms with Gasteiger partial charge < -0.3 is 109 Å². The van der Waals surface area contributed by atoms with Gasteiger partial charge in [0.15, 0.2) is 0 Å². The summed E-state index contributed by atoms with van der Waals surface area (Å²) in [6.07, 6.45) is 6.53. The number of aromatic hydroxyl groups is 2. The van der Waals surface area contributed by atoms with Crippen LogP contribution in [0.3, 0.4) is 0 Å². The molecule has 1 aliphatic rings. The number of fused-ring (bicyclic) bond motifs is 2. The van der Waals surface area contributed by atoms with Crippen LogP contribution in [0.25, 0.3) is 17.0 Å². The van der Waals surface area contributed by atoms with Crippen molar-refractivity contribution < 1.29 is 88.2 Å². The number of phenols is 2. The third-order valence-corrected chi connectivity index (χ3v) is 22.4. The summed E-state index contributed by atoms with van der Waals surface area (Å²) in [5, 5.41) is 95.1. The monoisotopic (exact) mass is 1710 g/mol. The minimum atomic E-state index is -1.64. The molecule has 0 radical (unpaired) electrons. The number of hydrogen-bond donors (Lipinski definition) is 21. The number of aliphatic carboxylic acids is 1. The number of nitrogens with zero attached hydrogens (tertiary/aromatic N) is 1. The van der Waals surface area contributed by atoms with Gasteiger partial charge in [-0.05, 0) is 103 Å². The Balaban J connectivity index is 0.870. The van der Waals surface area contributed by atoms with Crippen molar-refractivity contribution in [2.24, 2.45) is 0 Å². The molecule has 0 fully saturated rings. The number of carbonyl (C=O) groups excluding carboxylic acids is 11. The number of hydrogen-bond acceptors (Lipinski definition) is 21. The Hall–Kier alpha value is -11.7. The number of aromatic amines is 3. The minimum absolute atomic E-state index is 0.00793. The lowest BCUT2D eigenvalue weighted by atomic mass is 9.91. The second-order valence-electron chi connectivity index (χ2n) is 30.0. The molecule has 4 aromatic carbocycles. The second kappa shape index (κ2) is 47.9. The van der Waals surface area contributed by atoms with Gasteiger partial charge >= 0.3 is 5.97 Å². The van der Waals surface area contributed by atoms with E-state index in [-0.39, 0.29) is 81.6 Å². The lowest BCUT2D eigenvalue weighted by Crippen LogP contribution is -2.61. The standard InChI is InChI=1S/C85H112N16O18S2/c1-7-13-64(94-83(117)69(93-72(108)35-48(3)103)39-55-41-90-76-60(55)18-12-32-88-76)78(112)96-66(28-29-73(109)110)79(113)97-67(37-51-20-24-58(105)25-21-51)81(115)95-65(14-8-2)80(114)101-75(50(5)104)85(119)92-56(30-33-102)46-121-45-54-16-11-15-53(36-54)44-120-34-31-71(107)100-74(49(4)62-43-89-63-19-10-9-17-61(62)63)84(118)99-68(38-52-22-26-59(106)27-23-52)82(116)98-70(77(111)86-6)40-57-42-87-47-91-57/h9-12,15-27,36,41-43,47-50,56,64-70,74-75,88-90,102-106H,7-8,13-14,28-35,37-40,44-46H2,1-6H3,(H,86,111)(H,87,91)(H,92,119)(H,93,108)(H,94,117)(H,95,115)(H,96,112)(H,97,113)(H,98,116)(H,99,118)(H,100,107)(H,101,114)(H,109,110)/t48-,49+,50-,56-,64+,65+,66+,67+,68+,69+,70+,74+,75+/m1/s1. The van der Waals surface area contributed by atoms with E-state index in [1.165, 1.54) is 93.3 Å². The van der Waals surface area contributed by atoms with E-state index in [1.807, 2.05) is 60.7 Å². The molecule has 8 rings (SSSR count). The van der Waals surface area contributed by atoms with E-state index in [0.29, 0.717) is 64.8 Å². The Bertz CT molecular complexity index is 4660. The van der Waals surface area contributed by atoms with E-state index in [9.17, 15) is 88.2 Å². The Morgan fingerprint density at radius 3 is 1.63 bits per heavy atom. The number of aliphatic hydroxyl groups is 3. The number of nitrogens with one attached hydrogen (secondary N) is 15. The molecule has 0 spiro atoms. The average molecular weight is 1710 g/mol. The largest absolute Gasteiger partial charge is 0.508 e. The average Bonchev–Trinajstić information content (AvgIpc) is 1.65. The highest BCUT2D eigenvalue weighted by atomic mass is 32.2. The van der Waals surface area contributed by atoms with Crippen molar-refractivity contribution >= 4 is 117 Å². The molecule has 11 amide bonds. The summed E-state index contributed by atoms with van der Waals surface area (Å²) in [4.78, 5) is 181. The van der Waals surface area contributed by atoms with Crippen LogP contribution in [0, 0.1) is 0 Å². The number of benzene rings is 4. The number of aliphatic hydroxyl groups excluding tert-OH is 3. The first-order chi connectivity index (χ1) is 58.0. The number of H-pyrrole nitrogens is 3. The van der Waals surface area contributed by atoms with Crippen LogP contribution >= 0.6 is 23.5 Å². The summed E-state index contributed by atoms with van der Waals surface area (Å²) < 4.78 is 0. The molecule has 121 heavy (non-hydrogen) atoms. The van der Waals surface area contributed by atoms with Gasteiger partial charge in [-0.15, -0.1) is 0 Å². The molecule has 34 nitrogen and oxygen atoms in total. The van der Waals surface area contributed by atoms with Gasteiger partial charge in [0.05, 0.1) is 25.0 Å². The molecule has 7 aromatic rings. The van der Waals surface area contributed by atoms with Crippen LogP contribution < -0.4 is 63.8 Å². The van der Waals surface area contributed by atoms with Gasteiger partial charge in [0, 0.05) is 134 Å². The number of aromatic nitrogens is 4. The van der Waals surface area contributed by atoms with Crippen LogP contribution in [-0.4, -0.2) is 226 Å². The predicted molar refractivity (Wildman–Crippen MR) is 458 cm³/mol.